The first-order chi connectivity index (χ1) is 4.33. The highest BCUT2D eigenvalue weighted by Gasteiger charge is 2.12. The Kier molecular flexibility index (Phi) is 1.86. The van der Waals surface area contributed by atoms with Crippen molar-refractivity contribution in [1.82, 2.24) is 5.32 Å². The second-order valence-electron chi connectivity index (χ2n) is 2.35. The van der Waals surface area contributed by atoms with Crippen molar-refractivity contribution in [1.29, 1.82) is 5.26 Å². The van der Waals surface area contributed by atoms with Gasteiger partial charge in [0.25, 0.3) is 0 Å². The zero-order chi connectivity index (χ0) is 6.69. The largest absolute Gasteiger partial charge is 0.298 e. The molecule has 9 heavy (non-hydrogen) atoms. The molecule has 1 saturated heterocycles. The Morgan fingerprint density at radius 1 is 1.78 bits per heavy atom. The number of nitrogens with zero attached hydrogens (tertiary/aromatic N) is 1. The summed E-state index contributed by atoms with van der Waals surface area (Å²) < 4.78 is 0. The lowest BCUT2D eigenvalue weighted by atomic mass is 10.0. The molecule has 1 aliphatic heterocycles. The van der Waals surface area contributed by atoms with Gasteiger partial charge in [0.2, 0.25) is 0 Å². The molecule has 2 nitrogen and oxygen atoms in total. The highest BCUT2D eigenvalue weighted by Crippen LogP contribution is 2.09. The quantitative estimate of drug-likeness (QED) is 0.483. The van der Waals surface area contributed by atoms with Crippen LogP contribution in [0.4, 0.5) is 0 Å². The molecule has 0 radical (unpaired) electrons. The van der Waals surface area contributed by atoms with Crippen molar-refractivity contribution in [2.45, 2.75) is 18.9 Å². The Labute approximate surface area is 55.2 Å². The van der Waals surface area contributed by atoms with Crippen LogP contribution in [0.5, 0.6) is 0 Å². The number of rotatable bonds is 0. The van der Waals surface area contributed by atoms with Crippen LogP contribution in [0.3, 0.4) is 0 Å². The van der Waals surface area contributed by atoms with Gasteiger partial charge in [0.05, 0.1) is 12.1 Å². The van der Waals surface area contributed by atoms with Gasteiger partial charge < -0.3 is 0 Å². The van der Waals surface area contributed by atoms with Gasteiger partial charge in [0, 0.05) is 6.54 Å². The number of hydrogen-bond acceptors (Lipinski definition) is 2. The topological polar surface area (TPSA) is 35.8 Å². The van der Waals surface area contributed by atoms with Crippen molar-refractivity contribution in [3.63, 3.8) is 0 Å². The number of piperidine rings is 1. The molecular weight excluding hydrogens is 112 g/mol. The summed E-state index contributed by atoms with van der Waals surface area (Å²) in [6.45, 7) is 4.63. The molecular formula is C7H10N2. The molecule has 1 unspecified atom stereocenters. The van der Waals surface area contributed by atoms with Gasteiger partial charge in [-0.25, -0.2) is 0 Å². The van der Waals surface area contributed by atoms with E-state index in [0.29, 0.717) is 0 Å². The molecule has 1 atom stereocenters. The minimum absolute atomic E-state index is 0.0653. The van der Waals surface area contributed by atoms with Gasteiger partial charge in [-0.05, 0) is 12.8 Å². The molecule has 48 valence electrons. The van der Waals surface area contributed by atoms with Crippen molar-refractivity contribution in [3.05, 3.63) is 12.2 Å². The van der Waals surface area contributed by atoms with E-state index in [2.05, 4.69) is 18.0 Å². The molecule has 1 rings (SSSR count). The highest BCUT2D eigenvalue weighted by molar-refractivity contribution is 5.06. The van der Waals surface area contributed by atoms with Gasteiger partial charge in [-0.1, -0.05) is 12.2 Å². The van der Waals surface area contributed by atoms with Crippen LogP contribution in [0.1, 0.15) is 12.8 Å². The van der Waals surface area contributed by atoms with Crippen LogP contribution >= 0.6 is 0 Å². The molecule has 0 aromatic heterocycles. The van der Waals surface area contributed by atoms with Crippen molar-refractivity contribution >= 4 is 0 Å². The average Bonchev–Trinajstić information content (AvgIpc) is 1.90. The van der Waals surface area contributed by atoms with Crippen LogP contribution in [-0.4, -0.2) is 12.6 Å². The summed E-state index contributed by atoms with van der Waals surface area (Å²) >= 11 is 0. The summed E-state index contributed by atoms with van der Waals surface area (Å²) in [6, 6.07) is 2.24. The van der Waals surface area contributed by atoms with E-state index >= 15 is 0 Å². The maximum Gasteiger partial charge on any atom is 0.0958 e. The fourth-order valence-corrected chi connectivity index (χ4v) is 0.917. The van der Waals surface area contributed by atoms with Crippen LogP contribution in [0, 0.1) is 11.3 Å². The molecule has 1 aliphatic rings. The Hall–Kier alpha value is -0.810. The smallest absolute Gasteiger partial charge is 0.0958 e. The number of nitrogens with one attached hydrogen (secondary N) is 1. The predicted molar refractivity (Wildman–Crippen MR) is 35.8 cm³/mol. The molecule has 0 aliphatic carbocycles. The standard InChI is InChI=1S/C7H10N2/c1-6-2-3-7(4-8)9-5-6/h7,9H,1-3,5H2. The van der Waals surface area contributed by atoms with Crippen molar-refractivity contribution < 1.29 is 0 Å². The Morgan fingerprint density at radius 2 is 2.56 bits per heavy atom. The normalized spacial score (nSPS) is 27.4. The first kappa shape index (κ1) is 6.31. The molecule has 0 bridgehead atoms. The van der Waals surface area contributed by atoms with Crippen molar-refractivity contribution in [3.8, 4) is 6.07 Å². The van der Waals surface area contributed by atoms with Crippen molar-refractivity contribution in [2.75, 3.05) is 6.54 Å². The Morgan fingerprint density at radius 3 is 3.00 bits per heavy atom. The lowest BCUT2D eigenvalue weighted by Gasteiger charge is -2.18. The molecule has 0 spiro atoms. The minimum Gasteiger partial charge on any atom is -0.298 e. The minimum atomic E-state index is 0.0653. The molecule has 1 fully saturated rings. The molecule has 0 aromatic rings. The first-order valence-electron chi connectivity index (χ1n) is 3.12. The summed E-state index contributed by atoms with van der Waals surface area (Å²) in [7, 11) is 0. The maximum atomic E-state index is 8.44. The van der Waals surface area contributed by atoms with Gasteiger partial charge in [-0.2, -0.15) is 5.26 Å². The predicted octanol–water partition coefficient (Wildman–Crippen LogP) is 0.818. The number of nitriles is 1. The van der Waals surface area contributed by atoms with E-state index in [1.807, 2.05) is 0 Å². The lowest BCUT2D eigenvalue weighted by molar-refractivity contribution is 0.534. The van der Waals surface area contributed by atoms with Gasteiger partial charge in [0.15, 0.2) is 0 Å². The third kappa shape index (κ3) is 1.55. The van der Waals surface area contributed by atoms with E-state index in [0.717, 1.165) is 19.4 Å². The van der Waals surface area contributed by atoms with Crippen LogP contribution in [0.25, 0.3) is 0 Å². The molecule has 2 heteroatoms. The highest BCUT2D eigenvalue weighted by atomic mass is 14.9. The summed E-state index contributed by atoms with van der Waals surface area (Å²) in [5.74, 6) is 0. The zero-order valence-corrected chi connectivity index (χ0v) is 5.35. The second kappa shape index (κ2) is 2.65. The van der Waals surface area contributed by atoms with Gasteiger partial charge in [-0.3, -0.25) is 5.32 Å². The summed E-state index contributed by atoms with van der Waals surface area (Å²) in [5.41, 5.74) is 1.21. The van der Waals surface area contributed by atoms with E-state index < -0.39 is 0 Å². The van der Waals surface area contributed by atoms with Crippen LogP contribution in [0.15, 0.2) is 12.2 Å². The zero-order valence-electron chi connectivity index (χ0n) is 5.35. The fourth-order valence-electron chi connectivity index (χ4n) is 0.917. The number of hydrogen-bond donors (Lipinski definition) is 1. The van der Waals surface area contributed by atoms with Gasteiger partial charge in [0.1, 0.15) is 0 Å². The maximum absolute atomic E-state index is 8.44. The van der Waals surface area contributed by atoms with Crippen LogP contribution < -0.4 is 5.32 Å². The van der Waals surface area contributed by atoms with E-state index in [1.54, 1.807) is 0 Å². The molecule has 0 saturated carbocycles. The summed E-state index contributed by atoms with van der Waals surface area (Å²) in [4.78, 5) is 0. The Bertz CT molecular complexity index is 145. The molecule has 1 N–H and O–H groups in total. The SMILES string of the molecule is C=C1CCC(C#N)NC1. The van der Waals surface area contributed by atoms with Gasteiger partial charge >= 0.3 is 0 Å². The van der Waals surface area contributed by atoms with Crippen molar-refractivity contribution in [2.24, 2.45) is 0 Å². The summed E-state index contributed by atoms with van der Waals surface area (Å²) in [5, 5.41) is 11.5. The van der Waals surface area contributed by atoms with Gasteiger partial charge in [-0.15, -0.1) is 0 Å². The van der Waals surface area contributed by atoms with Crippen LogP contribution in [0.2, 0.25) is 0 Å². The van der Waals surface area contributed by atoms with Crippen LogP contribution in [-0.2, 0) is 0 Å². The molecule has 0 aromatic carbocycles. The van der Waals surface area contributed by atoms with E-state index in [9.17, 15) is 0 Å². The third-order valence-electron chi connectivity index (χ3n) is 1.54. The fraction of sp³-hybridized carbons (Fsp3) is 0.571. The molecule has 0 amide bonds. The summed E-state index contributed by atoms with van der Waals surface area (Å²) in [6.07, 6.45) is 1.93. The van der Waals surface area contributed by atoms with E-state index in [4.69, 9.17) is 5.26 Å². The monoisotopic (exact) mass is 122 g/mol. The second-order valence-corrected chi connectivity index (χ2v) is 2.35. The lowest BCUT2D eigenvalue weighted by Crippen LogP contribution is -2.33. The van der Waals surface area contributed by atoms with E-state index in [1.165, 1.54) is 5.57 Å². The van der Waals surface area contributed by atoms with E-state index in [-0.39, 0.29) is 6.04 Å². The Balaban J connectivity index is 2.37. The molecule has 1 heterocycles. The first-order valence-corrected chi connectivity index (χ1v) is 3.12. The third-order valence-corrected chi connectivity index (χ3v) is 1.54. The average molecular weight is 122 g/mol.